The molecule has 6 nitrogen and oxygen atoms in total. The van der Waals surface area contributed by atoms with Crippen molar-refractivity contribution >= 4 is 46.6 Å². The first kappa shape index (κ1) is 23.0. The van der Waals surface area contributed by atoms with E-state index in [4.69, 9.17) is 39.5 Å². The Kier molecular flexibility index (Phi) is 6.79. The minimum absolute atomic E-state index is 0.191. The van der Waals surface area contributed by atoms with Crippen molar-refractivity contribution in [2.45, 2.75) is 6.92 Å². The van der Waals surface area contributed by atoms with Gasteiger partial charge >= 0.3 is 5.97 Å². The second kappa shape index (κ2) is 9.75. The molecule has 0 N–H and O–H groups in total. The van der Waals surface area contributed by atoms with Crippen LogP contribution in [0.4, 0.5) is 0 Å². The number of hydrogen-bond acceptors (Lipinski definition) is 5. The Hall–Kier alpha value is -3.19. The highest BCUT2D eigenvalue weighted by Gasteiger charge is 2.22. The van der Waals surface area contributed by atoms with E-state index in [-0.39, 0.29) is 11.6 Å². The number of nitrogens with zero attached hydrogens (tertiary/aromatic N) is 3. The molecule has 9 heteroatoms. The van der Waals surface area contributed by atoms with Crippen LogP contribution < -0.4 is 0 Å². The fraction of sp³-hybridized carbons (Fsp3) is 0.0833. The summed E-state index contributed by atoms with van der Waals surface area (Å²) in [6.07, 6.45) is 0. The maximum absolute atomic E-state index is 12.7. The van der Waals surface area contributed by atoms with Crippen molar-refractivity contribution in [3.05, 3.63) is 98.7 Å². The molecule has 1 heterocycles. The van der Waals surface area contributed by atoms with Crippen molar-refractivity contribution in [1.82, 2.24) is 14.8 Å². The number of ether oxygens (including phenoxy) is 1. The van der Waals surface area contributed by atoms with Gasteiger partial charge in [0.1, 0.15) is 0 Å². The molecule has 0 radical (unpaired) electrons. The zero-order chi connectivity index (χ0) is 23.5. The SMILES string of the molecule is Cc1ccc(Cl)cc1-n1nc(C(=O)OCC(=O)c2ccc(Cl)cc2)nc1-c1ccc(Cl)cc1. The number of esters is 1. The van der Waals surface area contributed by atoms with Crippen molar-refractivity contribution in [2.75, 3.05) is 6.61 Å². The summed E-state index contributed by atoms with van der Waals surface area (Å²) in [4.78, 5) is 29.4. The van der Waals surface area contributed by atoms with Crippen LogP contribution in [0.15, 0.2) is 66.7 Å². The molecule has 0 aliphatic carbocycles. The summed E-state index contributed by atoms with van der Waals surface area (Å²) in [7, 11) is 0. The van der Waals surface area contributed by atoms with Gasteiger partial charge in [0.05, 0.1) is 5.69 Å². The lowest BCUT2D eigenvalue weighted by molar-refractivity contribution is 0.0462. The predicted molar refractivity (Wildman–Crippen MR) is 128 cm³/mol. The Morgan fingerprint density at radius 2 is 1.48 bits per heavy atom. The van der Waals surface area contributed by atoms with Gasteiger partial charge in [0, 0.05) is 26.2 Å². The monoisotopic (exact) mass is 499 g/mol. The van der Waals surface area contributed by atoms with Crippen LogP contribution >= 0.6 is 34.8 Å². The number of benzene rings is 3. The van der Waals surface area contributed by atoms with E-state index in [1.54, 1.807) is 60.7 Å². The third-order valence-corrected chi connectivity index (χ3v) is 5.53. The molecule has 0 saturated carbocycles. The van der Waals surface area contributed by atoms with Crippen molar-refractivity contribution in [2.24, 2.45) is 0 Å². The van der Waals surface area contributed by atoms with Gasteiger partial charge in [-0.3, -0.25) is 4.79 Å². The summed E-state index contributed by atoms with van der Waals surface area (Å²) < 4.78 is 6.70. The first-order valence-electron chi connectivity index (χ1n) is 9.77. The molecule has 33 heavy (non-hydrogen) atoms. The van der Waals surface area contributed by atoms with Crippen LogP contribution in [-0.2, 0) is 4.74 Å². The molecule has 4 aromatic rings. The standard InChI is InChI=1S/C24H16Cl3N3O3/c1-14-2-7-19(27)12-20(14)30-23(16-5-10-18(26)11-6-16)28-22(29-30)24(32)33-13-21(31)15-3-8-17(25)9-4-15/h2-12H,13H2,1H3. The quantitative estimate of drug-likeness (QED) is 0.231. The molecule has 0 fully saturated rings. The van der Waals surface area contributed by atoms with Gasteiger partial charge in [-0.1, -0.05) is 40.9 Å². The van der Waals surface area contributed by atoms with Crippen molar-refractivity contribution in [1.29, 1.82) is 0 Å². The molecule has 0 bridgehead atoms. The highest BCUT2D eigenvalue weighted by Crippen LogP contribution is 2.26. The fourth-order valence-electron chi connectivity index (χ4n) is 3.08. The van der Waals surface area contributed by atoms with Gasteiger partial charge in [0.2, 0.25) is 0 Å². The van der Waals surface area contributed by atoms with E-state index in [9.17, 15) is 9.59 Å². The summed E-state index contributed by atoms with van der Waals surface area (Å²) >= 11 is 18.0. The Labute approximate surface area is 204 Å². The average Bonchev–Trinajstić information content (AvgIpc) is 3.25. The Morgan fingerprint density at radius 3 is 2.15 bits per heavy atom. The molecule has 0 aliphatic heterocycles. The highest BCUT2D eigenvalue weighted by molar-refractivity contribution is 6.31. The van der Waals surface area contributed by atoms with E-state index < -0.39 is 12.6 Å². The summed E-state index contributed by atoms with van der Waals surface area (Å²) in [5, 5.41) is 5.92. The molecule has 3 aromatic carbocycles. The number of halogens is 3. The lowest BCUT2D eigenvalue weighted by Crippen LogP contribution is -2.15. The summed E-state index contributed by atoms with van der Waals surface area (Å²) in [5.41, 5.74) is 2.58. The van der Waals surface area contributed by atoms with E-state index in [0.717, 1.165) is 5.56 Å². The summed E-state index contributed by atoms with van der Waals surface area (Å²) in [6, 6.07) is 18.6. The first-order valence-corrected chi connectivity index (χ1v) is 10.9. The Morgan fingerprint density at radius 1 is 0.879 bits per heavy atom. The third kappa shape index (κ3) is 5.25. The van der Waals surface area contributed by atoms with Gasteiger partial charge in [0.15, 0.2) is 18.2 Å². The molecular formula is C24H16Cl3N3O3. The molecule has 166 valence electrons. The normalized spacial score (nSPS) is 10.8. The van der Waals surface area contributed by atoms with Gasteiger partial charge in [-0.25, -0.2) is 14.5 Å². The van der Waals surface area contributed by atoms with Crippen LogP contribution in [0.5, 0.6) is 0 Å². The number of carbonyl (C=O) groups is 2. The molecule has 1 aromatic heterocycles. The molecule has 0 amide bonds. The second-order valence-corrected chi connectivity index (χ2v) is 8.42. The zero-order valence-corrected chi connectivity index (χ0v) is 19.5. The van der Waals surface area contributed by atoms with E-state index >= 15 is 0 Å². The van der Waals surface area contributed by atoms with Gasteiger partial charge in [-0.15, -0.1) is 5.10 Å². The molecule has 0 aliphatic rings. The lowest BCUT2D eigenvalue weighted by atomic mass is 10.1. The van der Waals surface area contributed by atoms with Gasteiger partial charge < -0.3 is 4.74 Å². The molecule has 0 saturated heterocycles. The van der Waals surface area contributed by atoms with Crippen LogP contribution in [0.3, 0.4) is 0 Å². The van der Waals surface area contributed by atoms with E-state index in [2.05, 4.69) is 10.1 Å². The van der Waals surface area contributed by atoms with E-state index in [0.29, 0.717) is 37.7 Å². The van der Waals surface area contributed by atoms with E-state index in [1.807, 2.05) is 13.0 Å². The number of hydrogen-bond donors (Lipinski definition) is 0. The highest BCUT2D eigenvalue weighted by atomic mass is 35.5. The third-order valence-electron chi connectivity index (χ3n) is 4.79. The van der Waals surface area contributed by atoms with Crippen molar-refractivity contribution in [3.8, 4) is 17.1 Å². The van der Waals surface area contributed by atoms with Gasteiger partial charge in [0.25, 0.3) is 5.82 Å². The minimum Gasteiger partial charge on any atom is -0.451 e. The zero-order valence-electron chi connectivity index (χ0n) is 17.3. The van der Waals surface area contributed by atoms with Crippen LogP contribution in [0, 0.1) is 6.92 Å². The van der Waals surface area contributed by atoms with Crippen LogP contribution in [0.25, 0.3) is 17.1 Å². The summed E-state index contributed by atoms with van der Waals surface area (Å²) in [6.45, 7) is 1.43. The Bertz CT molecular complexity index is 1330. The first-order chi connectivity index (χ1) is 15.8. The maximum Gasteiger partial charge on any atom is 0.378 e. The average molecular weight is 501 g/mol. The minimum atomic E-state index is -0.828. The number of aromatic nitrogens is 3. The molecule has 4 rings (SSSR count). The number of ketones is 1. The molecule has 0 atom stereocenters. The number of rotatable bonds is 6. The summed E-state index contributed by atoms with van der Waals surface area (Å²) in [5.74, 6) is -0.995. The topological polar surface area (TPSA) is 74.1 Å². The van der Waals surface area contributed by atoms with Crippen molar-refractivity contribution < 1.29 is 14.3 Å². The largest absolute Gasteiger partial charge is 0.451 e. The number of Topliss-reactive ketones (excluding diaryl/α,β-unsaturated/α-hetero) is 1. The van der Waals surface area contributed by atoms with Crippen LogP contribution in [0.1, 0.15) is 26.5 Å². The number of aryl methyl sites for hydroxylation is 1. The predicted octanol–water partition coefficient (Wildman–Crippen LogP) is 6.24. The molecule has 0 spiro atoms. The fourth-order valence-corrected chi connectivity index (χ4v) is 3.50. The maximum atomic E-state index is 12.7. The molecule has 0 unspecified atom stereocenters. The smallest absolute Gasteiger partial charge is 0.378 e. The lowest BCUT2D eigenvalue weighted by Gasteiger charge is -2.09. The second-order valence-electron chi connectivity index (χ2n) is 7.11. The molecular weight excluding hydrogens is 485 g/mol. The van der Waals surface area contributed by atoms with Crippen molar-refractivity contribution in [3.63, 3.8) is 0 Å². The van der Waals surface area contributed by atoms with Gasteiger partial charge in [-0.2, -0.15) is 0 Å². The van der Waals surface area contributed by atoms with Crippen LogP contribution in [0.2, 0.25) is 15.1 Å². The Balaban J connectivity index is 1.65. The number of carbonyl (C=O) groups excluding carboxylic acids is 2. The van der Waals surface area contributed by atoms with E-state index in [1.165, 1.54) is 4.68 Å². The van der Waals surface area contributed by atoms with Gasteiger partial charge in [-0.05, 0) is 73.2 Å². The van der Waals surface area contributed by atoms with Crippen LogP contribution in [-0.4, -0.2) is 33.1 Å².